The number of hydrogen-bond donors (Lipinski definition) is 0. The zero-order valence-electron chi connectivity index (χ0n) is 8.98. The molecule has 0 aromatic carbocycles. The Labute approximate surface area is 90.7 Å². The lowest BCUT2D eigenvalue weighted by molar-refractivity contribution is -0.176. The van der Waals surface area contributed by atoms with E-state index < -0.39 is 0 Å². The van der Waals surface area contributed by atoms with Crippen LogP contribution < -0.4 is 0 Å². The monoisotopic (exact) mass is 210 g/mol. The SMILES string of the molecule is C=CCOCC1COC2(CC=CCC2)O1. The van der Waals surface area contributed by atoms with Crippen molar-refractivity contribution in [3.8, 4) is 0 Å². The summed E-state index contributed by atoms with van der Waals surface area (Å²) in [6.07, 6.45) is 9.01. The van der Waals surface area contributed by atoms with E-state index in [-0.39, 0.29) is 11.9 Å². The summed E-state index contributed by atoms with van der Waals surface area (Å²) in [5, 5.41) is 0. The number of allylic oxidation sites excluding steroid dienone is 1. The molecule has 2 aliphatic rings. The van der Waals surface area contributed by atoms with Crippen molar-refractivity contribution >= 4 is 0 Å². The summed E-state index contributed by atoms with van der Waals surface area (Å²) >= 11 is 0. The van der Waals surface area contributed by atoms with E-state index in [1.54, 1.807) is 6.08 Å². The van der Waals surface area contributed by atoms with Crippen LogP contribution in [0.3, 0.4) is 0 Å². The molecule has 2 unspecified atom stereocenters. The Morgan fingerprint density at radius 2 is 2.47 bits per heavy atom. The van der Waals surface area contributed by atoms with Crippen LogP contribution in [0, 0.1) is 0 Å². The molecule has 0 N–H and O–H groups in total. The van der Waals surface area contributed by atoms with E-state index in [9.17, 15) is 0 Å². The van der Waals surface area contributed by atoms with Crippen molar-refractivity contribution in [3.63, 3.8) is 0 Å². The summed E-state index contributed by atoms with van der Waals surface area (Å²) in [5.74, 6) is -0.350. The van der Waals surface area contributed by atoms with Crippen molar-refractivity contribution < 1.29 is 14.2 Å². The third-order valence-corrected chi connectivity index (χ3v) is 2.74. The van der Waals surface area contributed by atoms with Gasteiger partial charge in [0.15, 0.2) is 5.79 Å². The van der Waals surface area contributed by atoms with Crippen molar-refractivity contribution in [3.05, 3.63) is 24.8 Å². The van der Waals surface area contributed by atoms with E-state index in [2.05, 4.69) is 18.7 Å². The lowest BCUT2D eigenvalue weighted by Crippen LogP contribution is -2.32. The molecule has 1 heterocycles. The molecule has 2 rings (SSSR count). The zero-order chi connectivity index (χ0) is 10.6. The van der Waals surface area contributed by atoms with E-state index in [0.29, 0.717) is 19.8 Å². The number of hydrogen-bond acceptors (Lipinski definition) is 3. The van der Waals surface area contributed by atoms with Gasteiger partial charge < -0.3 is 14.2 Å². The van der Waals surface area contributed by atoms with Crippen LogP contribution >= 0.6 is 0 Å². The Bertz CT molecular complexity index is 249. The molecule has 1 saturated heterocycles. The van der Waals surface area contributed by atoms with Crippen LogP contribution in [0.2, 0.25) is 0 Å². The predicted molar refractivity (Wildman–Crippen MR) is 57.6 cm³/mol. The normalized spacial score (nSPS) is 34.8. The van der Waals surface area contributed by atoms with E-state index in [0.717, 1.165) is 19.3 Å². The number of ether oxygens (including phenoxy) is 3. The van der Waals surface area contributed by atoms with Crippen LogP contribution in [0.15, 0.2) is 24.8 Å². The van der Waals surface area contributed by atoms with Gasteiger partial charge in [0.2, 0.25) is 0 Å². The first kappa shape index (κ1) is 10.9. The van der Waals surface area contributed by atoms with E-state index in [1.807, 2.05) is 0 Å². The maximum absolute atomic E-state index is 5.90. The van der Waals surface area contributed by atoms with Crippen LogP contribution in [-0.2, 0) is 14.2 Å². The highest BCUT2D eigenvalue weighted by molar-refractivity contribution is 4.97. The van der Waals surface area contributed by atoms with Crippen LogP contribution in [0.5, 0.6) is 0 Å². The Morgan fingerprint density at radius 1 is 1.53 bits per heavy atom. The minimum Gasteiger partial charge on any atom is -0.375 e. The second-order valence-corrected chi connectivity index (χ2v) is 4.00. The minimum absolute atomic E-state index is 0.0800. The van der Waals surface area contributed by atoms with Gasteiger partial charge in [0.05, 0.1) is 19.8 Å². The molecule has 1 aliphatic carbocycles. The van der Waals surface area contributed by atoms with Gasteiger partial charge in [-0.3, -0.25) is 0 Å². The molecule has 15 heavy (non-hydrogen) atoms. The van der Waals surface area contributed by atoms with Crippen molar-refractivity contribution in [2.45, 2.75) is 31.2 Å². The van der Waals surface area contributed by atoms with Crippen molar-refractivity contribution in [1.29, 1.82) is 0 Å². The molecule has 0 aromatic rings. The molecular formula is C12H18O3. The molecule has 2 atom stereocenters. The highest BCUT2D eigenvalue weighted by atomic mass is 16.7. The highest BCUT2D eigenvalue weighted by Crippen LogP contribution is 2.34. The van der Waals surface area contributed by atoms with Gasteiger partial charge in [-0.05, 0) is 6.42 Å². The topological polar surface area (TPSA) is 27.7 Å². The smallest absolute Gasteiger partial charge is 0.172 e. The Kier molecular flexibility index (Phi) is 3.57. The molecule has 3 heteroatoms. The summed E-state index contributed by atoms with van der Waals surface area (Å²) in [4.78, 5) is 0. The molecule has 1 fully saturated rings. The summed E-state index contributed by atoms with van der Waals surface area (Å²) in [5.41, 5.74) is 0. The maximum Gasteiger partial charge on any atom is 0.172 e. The van der Waals surface area contributed by atoms with Gasteiger partial charge >= 0.3 is 0 Å². The summed E-state index contributed by atoms with van der Waals surface area (Å²) in [7, 11) is 0. The third-order valence-electron chi connectivity index (χ3n) is 2.74. The molecule has 0 radical (unpaired) electrons. The molecule has 1 spiro atoms. The fourth-order valence-electron chi connectivity index (χ4n) is 2.01. The largest absolute Gasteiger partial charge is 0.375 e. The first-order valence-corrected chi connectivity index (χ1v) is 5.50. The fourth-order valence-corrected chi connectivity index (χ4v) is 2.01. The Balaban J connectivity index is 1.78. The molecule has 0 bridgehead atoms. The lowest BCUT2D eigenvalue weighted by Gasteiger charge is -2.28. The third kappa shape index (κ3) is 2.68. The van der Waals surface area contributed by atoms with Gasteiger partial charge in [-0.2, -0.15) is 0 Å². The van der Waals surface area contributed by atoms with Crippen LogP contribution in [0.1, 0.15) is 19.3 Å². The van der Waals surface area contributed by atoms with Crippen LogP contribution in [0.25, 0.3) is 0 Å². The molecular weight excluding hydrogens is 192 g/mol. The average molecular weight is 210 g/mol. The molecule has 0 amide bonds. The summed E-state index contributed by atoms with van der Waals surface area (Å²) in [6.45, 7) is 5.42. The second kappa shape index (κ2) is 4.92. The lowest BCUT2D eigenvalue weighted by atomic mass is 10.0. The molecule has 84 valence electrons. The van der Waals surface area contributed by atoms with Gasteiger partial charge in [0, 0.05) is 12.8 Å². The van der Waals surface area contributed by atoms with Crippen LogP contribution in [-0.4, -0.2) is 31.7 Å². The van der Waals surface area contributed by atoms with Gasteiger partial charge in [0.1, 0.15) is 6.10 Å². The summed E-state index contributed by atoms with van der Waals surface area (Å²) < 4.78 is 17.0. The van der Waals surface area contributed by atoms with E-state index >= 15 is 0 Å². The van der Waals surface area contributed by atoms with E-state index in [1.165, 1.54) is 0 Å². The fraction of sp³-hybridized carbons (Fsp3) is 0.667. The molecule has 3 nitrogen and oxygen atoms in total. The molecule has 0 saturated carbocycles. The zero-order valence-corrected chi connectivity index (χ0v) is 8.98. The summed E-state index contributed by atoms with van der Waals surface area (Å²) in [6, 6.07) is 0. The van der Waals surface area contributed by atoms with Gasteiger partial charge in [-0.25, -0.2) is 0 Å². The second-order valence-electron chi connectivity index (χ2n) is 4.00. The van der Waals surface area contributed by atoms with Gasteiger partial charge in [-0.1, -0.05) is 18.2 Å². The van der Waals surface area contributed by atoms with Crippen molar-refractivity contribution in [1.82, 2.24) is 0 Å². The molecule has 1 aliphatic heterocycles. The predicted octanol–water partition coefficient (Wildman–Crippen LogP) is 2.04. The van der Waals surface area contributed by atoms with Gasteiger partial charge in [-0.15, -0.1) is 6.58 Å². The van der Waals surface area contributed by atoms with Gasteiger partial charge in [0.25, 0.3) is 0 Å². The standard InChI is InChI=1S/C12H18O3/c1-2-8-13-9-11-10-14-12(15-11)6-4-3-5-7-12/h2-4,11H,1,5-10H2. The first-order valence-electron chi connectivity index (χ1n) is 5.50. The average Bonchev–Trinajstić information content (AvgIpc) is 2.63. The van der Waals surface area contributed by atoms with Crippen molar-refractivity contribution in [2.75, 3.05) is 19.8 Å². The first-order chi connectivity index (χ1) is 7.35. The minimum atomic E-state index is -0.350. The highest BCUT2D eigenvalue weighted by Gasteiger charge is 2.40. The maximum atomic E-state index is 5.90. The quantitative estimate of drug-likeness (QED) is 0.525. The number of rotatable bonds is 4. The molecule has 0 aromatic heterocycles. The van der Waals surface area contributed by atoms with E-state index in [4.69, 9.17) is 14.2 Å². The van der Waals surface area contributed by atoms with Crippen molar-refractivity contribution in [2.24, 2.45) is 0 Å². The van der Waals surface area contributed by atoms with Crippen LogP contribution in [0.4, 0.5) is 0 Å². The Hall–Kier alpha value is -0.640. The Morgan fingerprint density at radius 3 is 3.20 bits per heavy atom.